The van der Waals surface area contributed by atoms with E-state index in [4.69, 9.17) is 35.4 Å². The number of pyridine rings is 1. The first-order valence-corrected chi connectivity index (χ1v) is 10.3. The van der Waals surface area contributed by atoms with E-state index < -0.39 is 0 Å². The normalized spacial score (nSPS) is 19.3. The van der Waals surface area contributed by atoms with Crippen LogP contribution in [0.25, 0.3) is 5.69 Å². The van der Waals surface area contributed by atoms with Crippen molar-refractivity contribution in [2.45, 2.75) is 32.0 Å². The van der Waals surface area contributed by atoms with Crippen molar-refractivity contribution in [1.29, 1.82) is 0 Å². The topological polar surface area (TPSA) is 33.1 Å². The lowest BCUT2D eigenvalue weighted by atomic mass is 10.0. The summed E-state index contributed by atoms with van der Waals surface area (Å²) in [5.74, 6) is 0. The van der Waals surface area contributed by atoms with Crippen molar-refractivity contribution in [1.82, 2.24) is 19.8 Å². The lowest BCUT2D eigenvalue weighted by Crippen LogP contribution is -2.36. The fourth-order valence-electron chi connectivity index (χ4n) is 3.77. The molecule has 3 heterocycles. The number of nitrogens with one attached hydrogen (secondary N) is 1. The fourth-order valence-corrected chi connectivity index (χ4v) is 4.72. The third kappa shape index (κ3) is 3.39. The van der Waals surface area contributed by atoms with Crippen molar-refractivity contribution >= 4 is 40.5 Å². The van der Waals surface area contributed by atoms with Gasteiger partial charge in [-0.05, 0) is 68.5 Å². The third-order valence-corrected chi connectivity index (χ3v) is 5.81. The summed E-state index contributed by atoms with van der Waals surface area (Å²) >= 11 is 18.3. The van der Waals surface area contributed by atoms with Crippen LogP contribution in [0.15, 0.2) is 60.9 Å². The second-order valence-corrected chi connectivity index (χ2v) is 8.26. The van der Waals surface area contributed by atoms with Gasteiger partial charge in [0.1, 0.15) is 0 Å². The molecule has 1 aliphatic heterocycles. The highest BCUT2D eigenvalue weighted by Crippen LogP contribution is 2.41. The molecule has 7 heteroatoms. The summed E-state index contributed by atoms with van der Waals surface area (Å²) in [4.78, 5) is 6.81. The summed E-state index contributed by atoms with van der Waals surface area (Å²) in [6, 6.07) is 15.8. The van der Waals surface area contributed by atoms with Crippen LogP contribution >= 0.6 is 35.4 Å². The van der Waals surface area contributed by atoms with Gasteiger partial charge in [-0.2, -0.15) is 0 Å². The standard InChI is InChI=1S/C21H20Cl2N4S/c1-13(2)27-20(19(25-21(27)28)16-6-3-4-10-24-16)18-7-5-11-26(18)17-9-8-14(22)12-15(17)23/h3-13,19-20H,1-2H3,(H,25,28)/t19-,20-/m0/s1. The van der Waals surface area contributed by atoms with Crippen LogP contribution < -0.4 is 5.32 Å². The summed E-state index contributed by atoms with van der Waals surface area (Å²) in [7, 11) is 0. The number of hydrogen-bond acceptors (Lipinski definition) is 2. The molecule has 1 N–H and O–H groups in total. The molecule has 4 rings (SSSR count). The van der Waals surface area contributed by atoms with Gasteiger partial charge in [0.2, 0.25) is 0 Å². The molecule has 0 saturated carbocycles. The van der Waals surface area contributed by atoms with Gasteiger partial charge in [0.25, 0.3) is 0 Å². The Labute approximate surface area is 180 Å². The zero-order valence-corrected chi connectivity index (χ0v) is 17.8. The highest BCUT2D eigenvalue weighted by molar-refractivity contribution is 7.80. The number of benzene rings is 1. The van der Waals surface area contributed by atoms with E-state index in [0.717, 1.165) is 22.2 Å². The predicted octanol–water partition coefficient (Wildman–Crippen LogP) is 5.56. The third-order valence-electron chi connectivity index (χ3n) is 4.94. The van der Waals surface area contributed by atoms with E-state index in [2.05, 4.69) is 39.7 Å². The zero-order valence-electron chi connectivity index (χ0n) is 15.5. The second kappa shape index (κ2) is 7.74. The Hall–Kier alpha value is -2.08. The largest absolute Gasteiger partial charge is 0.352 e. The number of rotatable bonds is 4. The molecule has 1 fully saturated rings. The minimum atomic E-state index is -0.0594. The Morgan fingerprint density at radius 3 is 2.61 bits per heavy atom. The Morgan fingerprint density at radius 2 is 1.93 bits per heavy atom. The molecular formula is C21H20Cl2N4S. The summed E-state index contributed by atoms with van der Waals surface area (Å²) in [5, 5.41) is 5.41. The first-order chi connectivity index (χ1) is 13.5. The maximum atomic E-state index is 6.51. The number of hydrogen-bond donors (Lipinski definition) is 1. The molecule has 28 heavy (non-hydrogen) atoms. The van der Waals surface area contributed by atoms with E-state index in [0.29, 0.717) is 10.0 Å². The Bertz CT molecular complexity index is 1000. The first kappa shape index (κ1) is 19.2. The molecule has 4 nitrogen and oxygen atoms in total. The van der Waals surface area contributed by atoms with Crippen molar-refractivity contribution in [3.05, 3.63) is 82.4 Å². The molecule has 0 spiro atoms. The molecule has 1 aliphatic rings. The Balaban J connectivity index is 1.85. The molecule has 1 saturated heterocycles. The molecule has 0 aliphatic carbocycles. The van der Waals surface area contributed by atoms with E-state index in [-0.39, 0.29) is 18.1 Å². The van der Waals surface area contributed by atoms with Gasteiger partial charge in [-0.25, -0.2) is 0 Å². The summed E-state index contributed by atoms with van der Waals surface area (Å²) in [6.45, 7) is 4.29. The molecule has 0 unspecified atom stereocenters. The lowest BCUT2D eigenvalue weighted by molar-refractivity contribution is 0.262. The molecule has 0 bridgehead atoms. The first-order valence-electron chi connectivity index (χ1n) is 9.10. The van der Waals surface area contributed by atoms with Crippen LogP contribution in [0.5, 0.6) is 0 Å². The van der Waals surface area contributed by atoms with Crippen molar-refractivity contribution in [2.24, 2.45) is 0 Å². The minimum Gasteiger partial charge on any atom is -0.352 e. The van der Waals surface area contributed by atoms with Crippen LogP contribution in [-0.2, 0) is 0 Å². The van der Waals surface area contributed by atoms with Crippen LogP contribution in [-0.4, -0.2) is 25.6 Å². The van der Waals surface area contributed by atoms with Crippen molar-refractivity contribution in [3.8, 4) is 5.69 Å². The number of thiocarbonyl (C=S) groups is 1. The monoisotopic (exact) mass is 430 g/mol. The maximum absolute atomic E-state index is 6.51. The molecular weight excluding hydrogens is 411 g/mol. The van der Waals surface area contributed by atoms with E-state index in [1.165, 1.54) is 0 Å². The lowest BCUT2D eigenvalue weighted by Gasteiger charge is -2.32. The van der Waals surface area contributed by atoms with Crippen LogP contribution in [0.2, 0.25) is 10.0 Å². The molecule has 0 amide bonds. The minimum absolute atomic E-state index is 0.0239. The van der Waals surface area contributed by atoms with E-state index in [1.807, 2.05) is 48.8 Å². The molecule has 0 radical (unpaired) electrons. The fraction of sp³-hybridized carbons (Fsp3) is 0.238. The predicted molar refractivity (Wildman–Crippen MR) is 118 cm³/mol. The van der Waals surface area contributed by atoms with Gasteiger partial charge < -0.3 is 14.8 Å². The van der Waals surface area contributed by atoms with E-state index in [9.17, 15) is 0 Å². The zero-order chi connectivity index (χ0) is 19.8. The van der Waals surface area contributed by atoms with Gasteiger partial charge in [-0.1, -0.05) is 29.3 Å². The van der Waals surface area contributed by atoms with E-state index in [1.54, 1.807) is 6.07 Å². The number of nitrogens with zero attached hydrogens (tertiary/aromatic N) is 3. The maximum Gasteiger partial charge on any atom is 0.170 e. The van der Waals surface area contributed by atoms with Crippen molar-refractivity contribution in [2.75, 3.05) is 0 Å². The highest BCUT2D eigenvalue weighted by atomic mass is 35.5. The van der Waals surface area contributed by atoms with Crippen molar-refractivity contribution < 1.29 is 0 Å². The molecule has 3 aromatic rings. The molecule has 1 aromatic carbocycles. The van der Waals surface area contributed by atoms with E-state index >= 15 is 0 Å². The molecule has 2 atom stereocenters. The number of aromatic nitrogens is 2. The van der Waals surface area contributed by atoms with Crippen LogP contribution in [0.1, 0.15) is 37.3 Å². The average Bonchev–Trinajstić information content (AvgIpc) is 3.26. The van der Waals surface area contributed by atoms with Crippen LogP contribution in [0, 0.1) is 0 Å². The summed E-state index contributed by atoms with van der Waals surface area (Å²) < 4.78 is 2.10. The second-order valence-electron chi connectivity index (χ2n) is 7.03. The summed E-state index contributed by atoms with van der Waals surface area (Å²) in [5.41, 5.74) is 2.92. The van der Waals surface area contributed by atoms with Gasteiger partial charge in [0, 0.05) is 29.2 Å². The van der Waals surface area contributed by atoms with Gasteiger partial charge >= 0.3 is 0 Å². The smallest absolute Gasteiger partial charge is 0.170 e. The molecule has 144 valence electrons. The van der Waals surface area contributed by atoms with Gasteiger partial charge in [-0.15, -0.1) is 0 Å². The van der Waals surface area contributed by atoms with Crippen LogP contribution in [0.4, 0.5) is 0 Å². The van der Waals surface area contributed by atoms with Gasteiger partial charge in [0.15, 0.2) is 5.11 Å². The van der Waals surface area contributed by atoms with Gasteiger partial charge in [0.05, 0.1) is 28.5 Å². The van der Waals surface area contributed by atoms with Crippen molar-refractivity contribution in [3.63, 3.8) is 0 Å². The molecule has 2 aromatic heterocycles. The number of halogens is 2. The summed E-state index contributed by atoms with van der Waals surface area (Å²) in [6.07, 6.45) is 3.82. The Morgan fingerprint density at radius 1 is 1.11 bits per heavy atom. The van der Waals surface area contributed by atoms with Gasteiger partial charge in [-0.3, -0.25) is 4.98 Å². The highest BCUT2D eigenvalue weighted by Gasteiger charge is 2.42. The quantitative estimate of drug-likeness (QED) is 0.549. The average molecular weight is 431 g/mol. The Kier molecular flexibility index (Phi) is 5.32. The van der Waals surface area contributed by atoms with Crippen LogP contribution in [0.3, 0.4) is 0 Å². The SMILES string of the molecule is CC(C)N1C(=S)N[C@@H](c2ccccn2)[C@@H]1c1cccn1-c1ccc(Cl)cc1Cl.